The number of carbonyl (C=O) groups excluding carboxylic acids is 1. The largest absolute Gasteiger partial charge is 0.510 e. The maximum Gasteiger partial charge on any atom is 0.303 e. The number of ketones is 1. The number of phenolic OH excluding ortho intramolecular Hbond substituents is 2. The highest BCUT2D eigenvalue weighted by molar-refractivity contribution is 6.32. The highest BCUT2D eigenvalue weighted by Crippen LogP contribution is 2.49. The SMILES string of the molecule is CCCCN(CCCC)c1ccc(C2=C(O)C(c3c(O)cc(N(C)CCCC(=O)O)cc3O)C2=O)cc1. The minimum atomic E-state index is -1.13. The lowest BCUT2D eigenvalue weighted by Gasteiger charge is -2.30. The number of carboxylic acids is 1. The maximum absolute atomic E-state index is 13.1. The number of benzene rings is 2. The number of anilines is 2. The summed E-state index contributed by atoms with van der Waals surface area (Å²) in [6.45, 7) is 6.67. The predicted molar refractivity (Wildman–Crippen MR) is 146 cm³/mol. The van der Waals surface area contributed by atoms with Crippen molar-refractivity contribution in [2.45, 2.75) is 58.3 Å². The molecule has 0 amide bonds. The molecule has 37 heavy (non-hydrogen) atoms. The first-order valence-electron chi connectivity index (χ1n) is 13.0. The number of unbranched alkanes of at least 4 members (excludes halogenated alkanes) is 2. The molecule has 0 fully saturated rings. The molecule has 1 aliphatic rings. The summed E-state index contributed by atoms with van der Waals surface area (Å²) in [5.41, 5.74) is 2.32. The number of hydrogen-bond donors (Lipinski definition) is 4. The van der Waals surface area contributed by atoms with Crippen molar-refractivity contribution in [2.24, 2.45) is 0 Å². The Labute approximate surface area is 218 Å². The summed E-state index contributed by atoms with van der Waals surface area (Å²) >= 11 is 0. The van der Waals surface area contributed by atoms with Crippen LogP contribution in [0.3, 0.4) is 0 Å². The van der Waals surface area contributed by atoms with Gasteiger partial charge in [-0.25, -0.2) is 0 Å². The van der Waals surface area contributed by atoms with E-state index < -0.39 is 11.9 Å². The Balaban J connectivity index is 1.79. The van der Waals surface area contributed by atoms with Crippen molar-refractivity contribution in [3.63, 3.8) is 0 Å². The topological polar surface area (TPSA) is 122 Å². The van der Waals surface area contributed by atoms with E-state index in [2.05, 4.69) is 18.7 Å². The molecular weight excluding hydrogens is 472 g/mol. The first kappa shape index (κ1) is 27.9. The van der Waals surface area contributed by atoms with E-state index in [1.54, 1.807) is 11.9 Å². The van der Waals surface area contributed by atoms with Crippen molar-refractivity contribution < 1.29 is 30.0 Å². The fourth-order valence-corrected chi connectivity index (χ4v) is 4.65. The minimum Gasteiger partial charge on any atom is -0.510 e. The average Bonchev–Trinajstić information content (AvgIpc) is 2.86. The van der Waals surface area contributed by atoms with Crippen LogP contribution < -0.4 is 9.80 Å². The van der Waals surface area contributed by atoms with Crippen LogP contribution in [0.4, 0.5) is 11.4 Å². The van der Waals surface area contributed by atoms with Gasteiger partial charge in [0, 0.05) is 56.6 Å². The Morgan fingerprint density at radius 2 is 1.43 bits per heavy atom. The van der Waals surface area contributed by atoms with E-state index in [1.807, 2.05) is 24.3 Å². The van der Waals surface area contributed by atoms with Gasteiger partial charge in [0.2, 0.25) is 0 Å². The number of aliphatic carboxylic acids is 1. The second-order valence-electron chi connectivity index (χ2n) is 9.62. The molecule has 3 rings (SSSR count). The lowest BCUT2D eigenvalue weighted by molar-refractivity contribution is -0.137. The molecule has 2 aromatic carbocycles. The average molecular weight is 511 g/mol. The molecule has 4 N–H and O–H groups in total. The summed E-state index contributed by atoms with van der Waals surface area (Å²) in [5, 5.41) is 40.9. The summed E-state index contributed by atoms with van der Waals surface area (Å²) in [6.07, 6.45) is 4.83. The number of allylic oxidation sites excluding steroid dienone is 2. The number of Topliss-reactive ketones (excluding diaryl/α,β-unsaturated/α-hetero) is 1. The fourth-order valence-electron chi connectivity index (χ4n) is 4.65. The van der Waals surface area contributed by atoms with Crippen LogP contribution in [0.25, 0.3) is 5.57 Å². The number of carboxylic acid groups (broad SMARTS) is 1. The highest BCUT2D eigenvalue weighted by Gasteiger charge is 2.44. The number of carbonyl (C=O) groups is 2. The molecule has 0 radical (unpaired) electrons. The molecule has 200 valence electrons. The van der Waals surface area contributed by atoms with Crippen LogP contribution in [0.5, 0.6) is 11.5 Å². The van der Waals surface area contributed by atoms with Gasteiger partial charge in [0.1, 0.15) is 23.2 Å². The predicted octanol–water partition coefficient (Wildman–Crippen LogP) is 5.44. The van der Waals surface area contributed by atoms with Crippen LogP contribution in [-0.4, -0.2) is 58.9 Å². The van der Waals surface area contributed by atoms with E-state index in [1.165, 1.54) is 12.1 Å². The number of aliphatic hydroxyl groups is 1. The summed E-state index contributed by atoms with van der Waals surface area (Å²) in [7, 11) is 1.72. The van der Waals surface area contributed by atoms with Crippen LogP contribution in [0.1, 0.15) is 69.4 Å². The molecule has 0 spiro atoms. The zero-order valence-corrected chi connectivity index (χ0v) is 21.9. The van der Waals surface area contributed by atoms with Gasteiger partial charge in [0.05, 0.1) is 11.1 Å². The Hall–Kier alpha value is -3.68. The number of rotatable bonds is 14. The summed E-state index contributed by atoms with van der Waals surface area (Å²) in [4.78, 5) is 27.9. The normalized spacial score (nSPS) is 15.0. The quantitative estimate of drug-likeness (QED) is 0.265. The van der Waals surface area contributed by atoms with Crippen LogP contribution in [0.2, 0.25) is 0 Å². The smallest absolute Gasteiger partial charge is 0.303 e. The van der Waals surface area contributed by atoms with Gasteiger partial charge in [-0.05, 0) is 37.0 Å². The molecule has 0 saturated heterocycles. The van der Waals surface area contributed by atoms with Gasteiger partial charge in [-0.1, -0.05) is 38.8 Å². The van der Waals surface area contributed by atoms with Gasteiger partial charge >= 0.3 is 5.97 Å². The Bertz CT molecular complexity index is 1110. The lowest BCUT2D eigenvalue weighted by Crippen LogP contribution is -2.29. The monoisotopic (exact) mass is 510 g/mol. The second-order valence-corrected chi connectivity index (χ2v) is 9.62. The number of aromatic hydroxyl groups is 2. The maximum atomic E-state index is 13.1. The third-order valence-corrected chi connectivity index (χ3v) is 6.86. The minimum absolute atomic E-state index is 0.00883. The number of aliphatic hydroxyl groups excluding tert-OH is 1. The third kappa shape index (κ3) is 6.37. The molecule has 0 bridgehead atoms. The molecule has 0 aliphatic heterocycles. The van der Waals surface area contributed by atoms with Crippen molar-refractivity contribution in [1.29, 1.82) is 0 Å². The van der Waals surface area contributed by atoms with Gasteiger partial charge in [0.15, 0.2) is 5.78 Å². The molecular formula is C29H38N2O6. The zero-order chi connectivity index (χ0) is 27.1. The van der Waals surface area contributed by atoms with Crippen LogP contribution >= 0.6 is 0 Å². The molecule has 0 heterocycles. The van der Waals surface area contributed by atoms with Gasteiger partial charge < -0.3 is 30.2 Å². The number of phenols is 2. The molecule has 1 aliphatic carbocycles. The van der Waals surface area contributed by atoms with E-state index in [4.69, 9.17) is 5.11 Å². The van der Waals surface area contributed by atoms with Gasteiger partial charge in [-0.3, -0.25) is 9.59 Å². The van der Waals surface area contributed by atoms with Gasteiger partial charge in [-0.15, -0.1) is 0 Å². The summed E-state index contributed by atoms with van der Waals surface area (Å²) in [5.74, 6) is -3.18. The molecule has 8 nitrogen and oxygen atoms in total. The first-order valence-corrected chi connectivity index (χ1v) is 13.0. The number of nitrogens with zero attached hydrogens (tertiary/aromatic N) is 2. The van der Waals surface area contributed by atoms with E-state index in [-0.39, 0.29) is 40.6 Å². The molecule has 0 saturated carbocycles. The molecule has 8 heteroatoms. The molecule has 1 unspecified atom stereocenters. The van der Waals surface area contributed by atoms with Gasteiger partial charge in [0.25, 0.3) is 0 Å². The standard InChI is InChI=1S/C29H38N2O6/c1-4-6-15-31(16-7-5-2)20-12-10-19(11-13-20)25-28(36)27(29(25)37)26-22(32)17-21(18-23(26)33)30(3)14-8-9-24(34)35/h10-13,17-18,27,32-33,36H,4-9,14-16H2,1-3H3,(H,34,35). The molecule has 1 atom stereocenters. The Morgan fingerprint density at radius 3 is 1.92 bits per heavy atom. The van der Waals surface area contributed by atoms with E-state index in [9.17, 15) is 24.9 Å². The van der Waals surface area contributed by atoms with Crippen LogP contribution in [0.15, 0.2) is 42.2 Å². The Morgan fingerprint density at radius 1 is 0.865 bits per heavy atom. The van der Waals surface area contributed by atoms with E-state index >= 15 is 0 Å². The Kier molecular flexibility index (Phi) is 9.44. The highest BCUT2D eigenvalue weighted by atomic mass is 16.4. The molecule has 2 aromatic rings. The van der Waals surface area contributed by atoms with Crippen molar-refractivity contribution in [3.8, 4) is 11.5 Å². The second kappa shape index (κ2) is 12.5. The van der Waals surface area contributed by atoms with Gasteiger partial charge in [-0.2, -0.15) is 0 Å². The van der Waals surface area contributed by atoms with Crippen molar-refractivity contribution in [1.82, 2.24) is 0 Å². The molecule has 0 aromatic heterocycles. The van der Waals surface area contributed by atoms with E-state index in [0.29, 0.717) is 24.2 Å². The van der Waals surface area contributed by atoms with Crippen molar-refractivity contribution in [3.05, 3.63) is 53.3 Å². The fraction of sp³-hybridized carbons (Fsp3) is 0.448. The zero-order valence-electron chi connectivity index (χ0n) is 21.9. The lowest BCUT2D eigenvalue weighted by atomic mass is 9.74. The summed E-state index contributed by atoms with van der Waals surface area (Å²) in [6, 6.07) is 10.4. The first-order chi connectivity index (χ1) is 17.7. The van der Waals surface area contributed by atoms with Crippen LogP contribution in [-0.2, 0) is 9.59 Å². The number of hydrogen-bond acceptors (Lipinski definition) is 7. The van der Waals surface area contributed by atoms with Crippen LogP contribution in [0, 0.1) is 0 Å². The van der Waals surface area contributed by atoms with E-state index in [0.717, 1.165) is 44.5 Å². The third-order valence-electron chi connectivity index (χ3n) is 6.86. The summed E-state index contributed by atoms with van der Waals surface area (Å²) < 4.78 is 0. The van der Waals surface area contributed by atoms with Crippen molar-refractivity contribution >= 4 is 28.7 Å². The van der Waals surface area contributed by atoms with Crippen molar-refractivity contribution in [2.75, 3.05) is 36.5 Å².